The van der Waals surface area contributed by atoms with Gasteiger partial charge >= 0.3 is 0 Å². The van der Waals surface area contributed by atoms with Crippen molar-refractivity contribution in [2.45, 2.75) is 13.0 Å². The van der Waals surface area contributed by atoms with Crippen molar-refractivity contribution in [3.63, 3.8) is 0 Å². The fraction of sp³-hybridized carbons (Fsp3) is 0.250. The summed E-state index contributed by atoms with van der Waals surface area (Å²) in [6.07, 6.45) is 0.0957. The van der Waals surface area contributed by atoms with E-state index in [-0.39, 0.29) is 6.10 Å². The van der Waals surface area contributed by atoms with Crippen LogP contribution in [0, 0.1) is 0 Å². The predicted octanol–water partition coefficient (Wildman–Crippen LogP) is 3.39. The van der Waals surface area contributed by atoms with Crippen LogP contribution in [0.1, 0.15) is 18.6 Å². The summed E-state index contributed by atoms with van der Waals surface area (Å²) in [5, 5.41) is 0. The molecule has 94 valence electrons. The highest BCUT2D eigenvalue weighted by Gasteiger charge is 2.05. The Bertz CT molecular complexity index is 464. The summed E-state index contributed by atoms with van der Waals surface area (Å²) < 4.78 is 5.60. The molecule has 2 N–H and O–H groups in total. The standard InChI is InChI=1S/C16H19NO/c1-13(18-12-11-17)14-7-9-16(10-8-14)15-5-3-2-4-6-15/h2-10,13H,11-12,17H2,1H3. The van der Waals surface area contributed by atoms with Crippen molar-refractivity contribution in [2.24, 2.45) is 5.73 Å². The molecule has 2 heteroatoms. The molecule has 0 aliphatic heterocycles. The third-order valence-corrected chi connectivity index (χ3v) is 2.97. The van der Waals surface area contributed by atoms with E-state index in [0.717, 1.165) is 0 Å². The maximum Gasteiger partial charge on any atom is 0.0797 e. The van der Waals surface area contributed by atoms with E-state index in [1.165, 1.54) is 16.7 Å². The minimum atomic E-state index is 0.0957. The van der Waals surface area contributed by atoms with Gasteiger partial charge in [0, 0.05) is 6.54 Å². The molecule has 0 aliphatic carbocycles. The molecule has 0 aromatic heterocycles. The van der Waals surface area contributed by atoms with Crippen LogP contribution in [0.3, 0.4) is 0 Å². The Morgan fingerprint density at radius 3 is 2.17 bits per heavy atom. The zero-order valence-electron chi connectivity index (χ0n) is 10.7. The number of benzene rings is 2. The molecule has 0 fully saturated rings. The topological polar surface area (TPSA) is 35.2 Å². The summed E-state index contributed by atoms with van der Waals surface area (Å²) in [7, 11) is 0. The minimum Gasteiger partial charge on any atom is -0.373 e. The predicted molar refractivity (Wildman–Crippen MR) is 75.3 cm³/mol. The van der Waals surface area contributed by atoms with Crippen molar-refractivity contribution < 1.29 is 4.74 Å². The Hall–Kier alpha value is -1.64. The van der Waals surface area contributed by atoms with Crippen molar-refractivity contribution in [3.8, 4) is 11.1 Å². The Balaban J connectivity index is 2.10. The lowest BCUT2D eigenvalue weighted by atomic mass is 10.0. The van der Waals surface area contributed by atoms with Crippen molar-refractivity contribution in [2.75, 3.05) is 13.2 Å². The zero-order valence-corrected chi connectivity index (χ0v) is 10.7. The van der Waals surface area contributed by atoms with Crippen molar-refractivity contribution in [3.05, 3.63) is 60.2 Å². The van der Waals surface area contributed by atoms with Gasteiger partial charge in [0.1, 0.15) is 0 Å². The van der Waals surface area contributed by atoms with Crippen LogP contribution in [-0.4, -0.2) is 13.2 Å². The van der Waals surface area contributed by atoms with Crippen LogP contribution in [0.5, 0.6) is 0 Å². The molecule has 0 bridgehead atoms. The molecule has 2 rings (SSSR count). The summed E-state index contributed by atoms with van der Waals surface area (Å²) in [6, 6.07) is 18.9. The Morgan fingerprint density at radius 1 is 0.944 bits per heavy atom. The monoisotopic (exact) mass is 241 g/mol. The molecule has 2 aromatic carbocycles. The normalized spacial score (nSPS) is 12.3. The fourth-order valence-corrected chi connectivity index (χ4v) is 1.92. The summed E-state index contributed by atoms with van der Waals surface area (Å²) >= 11 is 0. The maximum atomic E-state index is 5.60. The SMILES string of the molecule is CC(OCCN)c1ccc(-c2ccccc2)cc1. The molecule has 0 saturated heterocycles. The van der Waals surface area contributed by atoms with Crippen LogP contribution in [0.25, 0.3) is 11.1 Å². The van der Waals surface area contributed by atoms with Gasteiger partial charge in [-0.3, -0.25) is 0 Å². The van der Waals surface area contributed by atoms with Crippen LogP contribution < -0.4 is 5.73 Å². The van der Waals surface area contributed by atoms with Gasteiger partial charge < -0.3 is 10.5 Å². The minimum absolute atomic E-state index is 0.0957. The van der Waals surface area contributed by atoms with E-state index in [9.17, 15) is 0 Å². The quantitative estimate of drug-likeness (QED) is 0.870. The van der Waals surface area contributed by atoms with E-state index in [1.807, 2.05) is 13.0 Å². The molecule has 1 unspecified atom stereocenters. The Kier molecular flexibility index (Phi) is 4.51. The van der Waals surface area contributed by atoms with Crippen LogP contribution in [0.15, 0.2) is 54.6 Å². The lowest BCUT2D eigenvalue weighted by Crippen LogP contribution is -2.10. The first kappa shape index (κ1) is 12.8. The largest absolute Gasteiger partial charge is 0.373 e. The third-order valence-electron chi connectivity index (χ3n) is 2.97. The van der Waals surface area contributed by atoms with E-state index in [2.05, 4.69) is 48.5 Å². The van der Waals surface area contributed by atoms with Crippen molar-refractivity contribution in [1.82, 2.24) is 0 Å². The van der Waals surface area contributed by atoms with Gasteiger partial charge in [0.15, 0.2) is 0 Å². The Labute approximate surface area is 108 Å². The van der Waals surface area contributed by atoms with E-state index in [4.69, 9.17) is 10.5 Å². The van der Waals surface area contributed by atoms with Gasteiger partial charge in [-0.15, -0.1) is 0 Å². The lowest BCUT2D eigenvalue weighted by molar-refractivity contribution is 0.0718. The molecule has 0 saturated carbocycles. The second-order valence-electron chi connectivity index (χ2n) is 4.29. The highest BCUT2D eigenvalue weighted by molar-refractivity contribution is 5.63. The third kappa shape index (κ3) is 3.19. The fourth-order valence-electron chi connectivity index (χ4n) is 1.92. The van der Waals surface area contributed by atoms with Gasteiger partial charge in [0.25, 0.3) is 0 Å². The van der Waals surface area contributed by atoms with E-state index >= 15 is 0 Å². The van der Waals surface area contributed by atoms with Gasteiger partial charge in [-0.25, -0.2) is 0 Å². The molecule has 2 aromatic rings. The van der Waals surface area contributed by atoms with Crippen LogP contribution in [-0.2, 0) is 4.74 Å². The summed E-state index contributed by atoms with van der Waals surface area (Å²) in [5.41, 5.74) is 9.08. The average molecular weight is 241 g/mol. The average Bonchev–Trinajstić information content (AvgIpc) is 2.46. The van der Waals surface area contributed by atoms with E-state index in [0.29, 0.717) is 13.2 Å². The van der Waals surface area contributed by atoms with Crippen LogP contribution in [0.4, 0.5) is 0 Å². The first-order valence-electron chi connectivity index (χ1n) is 6.28. The summed E-state index contributed by atoms with van der Waals surface area (Å²) in [4.78, 5) is 0. The van der Waals surface area contributed by atoms with Gasteiger partial charge in [-0.1, -0.05) is 54.6 Å². The second kappa shape index (κ2) is 6.34. The highest BCUT2D eigenvalue weighted by atomic mass is 16.5. The van der Waals surface area contributed by atoms with Gasteiger partial charge in [-0.05, 0) is 23.6 Å². The van der Waals surface area contributed by atoms with Crippen LogP contribution in [0.2, 0.25) is 0 Å². The maximum absolute atomic E-state index is 5.60. The van der Waals surface area contributed by atoms with Gasteiger partial charge in [0.2, 0.25) is 0 Å². The van der Waals surface area contributed by atoms with Crippen LogP contribution >= 0.6 is 0 Å². The summed E-state index contributed by atoms with van der Waals surface area (Å²) in [6.45, 7) is 3.21. The lowest BCUT2D eigenvalue weighted by Gasteiger charge is -2.13. The molecule has 0 amide bonds. The highest BCUT2D eigenvalue weighted by Crippen LogP contribution is 2.22. The Morgan fingerprint density at radius 2 is 1.56 bits per heavy atom. The van der Waals surface area contributed by atoms with Crippen molar-refractivity contribution >= 4 is 0 Å². The number of nitrogens with two attached hydrogens (primary N) is 1. The van der Waals surface area contributed by atoms with E-state index in [1.54, 1.807) is 0 Å². The molecular formula is C16H19NO. The van der Waals surface area contributed by atoms with Gasteiger partial charge in [-0.2, -0.15) is 0 Å². The second-order valence-corrected chi connectivity index (χ2v) is 4.29. The number of hydrogen-bond acceptors (Lipinski definition) is 2. The molecule has 0 spiro atoms. The number of rotatable bonds is 5. The molecule has 0 radical (unpaired) electrons. The first-order valence-corrected chi connectivity index (χ1v) is 6.28. The molecule has 0 heterocycles. The number of ether oxygens (including phenoxy) is 1. The molecule has 2 nitrogen and oxygen atoms in total. The molecule has 1 atom stereocenters. The molecular weight excluding hydrogens is 222 g/mol. The molecule has 0 aliphatic rings. The zero-order chi connectivity index (χ0) is 12.8. The summed E-state index contributed by atoms with van der Waals surface area (Å²) in [5.74, 6) is 0. The smallest absolute Gasteiger partial charge is 0.0797 e. The van der Waals surface area contributed by atoms with Gasteiger partial charge in [0.05, 0.1) is 12.7 Å². The van der Waals surface area contributed by atoms with E-state index < -0.39 is 0 Å². The first-order chi connectivity index (χ1) is 8.81. The molecule has 18 heavy (non-hydrogen) atoms. The van der Waals surface area contributed by atoms with Crippen molar-refractivity contribution in [1.29, 1.82) is 0 Å². The number of hydrogen-bond donors (Lipinski definition) is 1.